The molecule has 1 atom stereocenters. The molecule has 0 aliphatic carbocycles. The molecule has 1 N–H and O–H groups in total. The van der Waals surface area contributed by atoms with Crippen LogP contribution in [0.25, 0.3) is 5.69 Å². The van der Waals surface area contributed by atoms with Gasteiger partial charge in [0, 0.05) is 18.8 Å². The molecule has 0 aliphatic heterocycles. The number of hydrogen-bond acceptors (Lipinski definition) is 5. The van der Waals surface area contributed by atoms with Crippen molar-refractivity contribution in [3.05, 3.63) is 30.1 Å². The SMILES string of the molecule is COCC(C)Nc1ccc(C)c(-n2cnnn2)c1. The lowest BCUT2D eigenvalue weighted by Crippen LogP contribution is -2.20. The van der Waals surface area contributed by atoms with Crippen LogP contribution < -0.4 is 5.32 Å². The maximum atomic E-state index is 5.10. The third kappa shape index (κ3) is 2.84. The molecule has 6 heteroatoms. The Balaban J connectivity index is 2.22. The van der Waals surface area contributed by atoms with Crippen molar-refractivity contribution in [3.63, 3.8) is 0 Å². The van der Waals surface area contributed by atoms with E-state index >= 15 is 0 Å². The van der Waals surface area contributed by atoms with Crippen molar-refractivity contribution in [2.45, 2.75) is 19.9 Å². The van der Waals surface area contributed by atoms with E-state index in [2.05, 4.69) is 27.8 Å². The second-order valence-electron chi connectivity index (χ2n) is 4.26. The Hall–Kier alpha value is -1.95. The number of aromatic nitrogens is 4. The molecule has 1 unspecified atom stereocenters. The van der Waals surface area contributed by atoms with Gasteiger partial charge in [-0.2, -0.15) is 0 Å². The zero-order chi connectivity index (χ0) is 13.0. The van der Waals surface area contributed by atoms with Crippen LogP contribution in [0.5, 0.6) is 0 Å². The van der Waals surface area contributed by atoms with E-state index in [4.69, 9.17) is 4.74 Å². The van der Waals surface area contributed by atoms with Gasteiger partial charge in [-0.15, -0.1) is 5.10 Å². The lowest BCUT2D eigenvalue weighted by atomic mass is 10.1. The summed E-state index contributed by atoms with van der Waals surface area (Å²) < 4.78 is 6.76. The third-order valence-corrected chi connectivity index (χ3v) is 2.63. The Labute approximate surface area is 106 Å². The van der Waals surface area contributed by atoms with Gasteiger partial charge in [-0.25, -0.2) is 4.68 Å². The van der Waals surface area contributed by atoms with Crippen molar-refractivity contribution in [2.75, 3.05) is 19.0 Å². The summed E-state index contributed by atoms with van der Waals surface area (Å²) in [6, 6.07) is 6.35. The van der Waals surface area contributed by atoms with Crippen molar-refractivity contribution in [2.24, 2.45) is 0 Å². The summed E-state index contributed by atoms with van der Waals surface area (Å²) in [4.78, 5) is 0. The number of nitrogens with one attached hydrogen (secondary N) is 1. The van der Waals surface area contributed by atoms with Crippen molar-refractivity contribution in [3.8, 4) is 5.69 Å². The van der Waals surface area contributed by atoms with E-state index in [0.29, 0.717) is 6.61 Å². The summed E-state index contributed by atoms with van der Waals surface area (Å²) in [5.41, 5.74) is 3.11. The number of ether oxygens (including phenoxy) is 1. The van der Waals surface area contributed by atoms with E-state index in [-0.39, 0.29) is 6.04 Å². The molecule has 2 rings (SSSR count). The van der Waals surface area contributed by atoms with Crippen LogP contribution in [0.1, 0.15) is 12.5 Å². The number of tetrazole rings is 1. The van der Waals surface area contributed by atoms with Crippen LogP contribution in [0, 0.1) is 6.92 Å². The first-order valence-electron chi connectivity index (χ1n) is 5.80. The molecule has 0 saturated carbocycles. The van der Waals surface area contributed by atoms with Gasteiger partial charge < -0.3 is 10.1 Å². The average molecular weight is 247 g/mol. The van der Waals surface area contributed by atoms with E-state index in [1.807, 2.05) is 25.1 Å². The minimum Gasteiger partial charge on any atom is -0.383 e. The minimum atomic E-state index is 0.249. The fraction of sp³-hybridized carbons (Fsp3) is 0.417. The van der Waals surface area contributed by atoms with E-state index in [0.717, 1.165) is 16.9 Å². The predicted octanol–water partition coefficient (Wildman–Crippen LogP) is 1.42. The summed E-state index contributed by atoms with van der Waals surface area (Å²) in [6.45, 7) is 4.76. The second-order valence-corrected chi connectivity index (χ2v) is 4.26. The second kappa shape index (κ2) is 5.59. The normalized spacial score (nSPS) is 12.4. The van der Waals surface area contributed by atoms with Gasteiger partial charge in [0.2, 0.25) is 0 Å². The number of rotatable bonds is 5. The van der Waals surface area contributed by atoms with Crippen LogP contribution in [0.2, 0.25) is 0 Å². The van der Waals surface area contributed by atoms with Gasteiger partial charge in [0.15, 0.2) is 0 Å². The molecule has 0 aliphatic rings. The Morgan fingerprint density at radius 1 is 1.44 bits per heavy atom. The maximum Gasteiger partial charge on any atom is 0.143 e. The predicted molar refractivity (Wildman–Crippen MR) is 68.9 cm³/mol. The Morgan fingerprint density at radius 3 is 2.94 bits per heavy atom. The Kier molecular flexibility index (Phi) is 3.88. The van der Waals surface area contributed by atoms with Gasteiger partial charge in [-0.05, 0) is 42.0 Å². The maximum absolute atomic E-state index is 5.10. The molecule has 0 saturated heterocycles. The van der Waals surface area contributed by atoms with Gasteiger partial charge in [0.1, 0.15) is 6.33 Å². The molecule has 1 aromatic heterocycles. The number of benzene rings is 1. The van der Waals surface area contributed by atoms with Crippen molar-refractivity contribution >= 4 is 5.69 Å². The summed E-state index contributed by atoms with van der Waals surface area (Å²) in [5, 5.41) is 14.6. The highest BCUT2D eigenvalue weighted by atomic mass is 16.5. The topological polar surface area (TPSA) is 64.9 Å². The molecule has 1 heterocycles. The van der Waals surface area contributed by atoms with Gasteiger partial charge >= 0.3 is 0 Å². The molecule has 0 fully saturated rings. The zero-order valence-corrected chi connectivity index (χ0v) is 10.8. The lowest BCUT2D eigenvalue weighted by molar-refractivity contribution is 0.190. The first kappa shape index (κ1) is 12.5. The fourth-order valence-corrected chi connectivity index (χ4v) is 1.79. The average Bonchev–Trinajstić information content (AvgIpc) is 2.85. The summed E-state index contributed by atoms with van der Waals surface area (Å²) in [7, 11) is 1.69. The number of aryl methyl sites for hydroxylation is 1. The van der Waals surface area contributed by atoms with Gasteiger partial charge in [0.05, 0.1) is 12.3 Å². The van der Waals surface area contributed by atoms with Crippen LogP contribution in [0.4, 0.5) is 5.69 Å². The number of hydrogen-bond donors (Lipinski definition) is 1. The molecular formula is C12H17N5O. The first-order chi connectivity index (χ1) is 8.70. The lowest BCUT2D eigenvalue weighted by Gasteiger charge is -2.15. The van der Waals surface area contributed by atoms with Crippen LogP contribution in [-0.2, 0) is 4.74 Å². The van der Waals surface area contributed by atoms with Gasteiger partial charge in [0.25, 0.3) is 0 Å². The van der Waals surface area contributed by atoms with Crippen LogP contribution in [0.3, 0.4) is 0 Å². The summed E-state index contributed by atoms with van der Waals surface area (Å²) in [6.07, 6.45) is 1.59. The molecule has 0 spiro atoms. The van der Waals surface area contributed by atoms with Crippen molar-refractivity contribution in [1.82, 2.24) is 20.2 Å². The molecule has 96 valence electrons. The highest BCUT2D eigenvalue weighted by Gasteiger charge is 2.06. The molecule has 6 nitrogen and oxygen atoms in total. The van der Waals surface area contributed by atoms with Gasteiger partial charge in [-0.3, -0.25) is 0 Å². The van der Waals surface area contributed by atoms with E-state index in [9.17, 15) is 0 Å². The van der Waals surface area contributed by atoms with Crippen molar-refractivity contribution in [1.29, 1.82) is 0 Å². The number of nitrogens with zero attached hydrogens (tertiary/aromatic N) is 4. The minimum absolute atomic E-state index is 0.249. The smallest absolute Gasteiger partial charge is 0.143 e. The largest absolute Gasteiger partial charge is 0.383 e. The highest BCUT2D eigenvalue weighted by Crippen LogP contribution is 2.18. The molecule has 2 aromatic rings. The quantitative estimate of drug-likeness (QED) is 0.865. The van der Waals surface area contributed by atoms with Crippen LogP contribution in [0.15, 0.2) is 24.5 Å². The van der Waals surface area contributed by atoms with Crippen LogP contribution >= 0.6 is 0 Å². The van der Waals surface area contributed by atoms with E-state index in [1.54, 1.807) is 18.1 Å². The fourth-order valence-electron chi connectivity index (χ4n) is 1.79. The van der Waals surface area contributed by atoms with Crippen LogP contribution in [-0.4, -0.2) is 40.0 Å². The standard InChI is InChI=1S/C12H17N5O/c1-9-4-5-11(14-10(2)7-18-3)6-12(9)17-8-13-15-16-17/h4-6,8,10,14H,7H2,1-3H3. The zero-order valence-electron chi connectivity index (χ0n) is 10.8. The molecule has 0 radical (unpaired) electrons. The summed E-state index contributed by atoms with van der Waals surface area (Å²) >= 11 is 0. The molecular weight excluding hydrogens is 230 g/mol. The Morgan fingerprint density at radius 2 is 2.28 bits per heavy atom. The molecule has 1 aromatic carbocycles. The van der Waals surface area contributed by atoms with E-state index < -0.39 is 0 Å². The van der Waals surface area contributed by atoms with Gasteiger partial charge in [-0.1, -0.05) is 6.07 Å². The third-order valence-electron chi connectivity index (χ3n) is 2.63. The number of anilines is 1. The number of methoxy groups -OCH3 is 1. The summed E-state index contributed by atoms with van der Waals surface area (Å²) in [5.74, 6) is 0. The van der Waals surface area contributed by atoms with E-state index in [1.165, 1.54) is 0 Å². The highest BCUT2D eigenvalue weighted by molar-refractivity contribution is 5.54. The molecule has 0 amide bonds. The monoisotopic (exact) mass is 247 g/mol. The molecule has 18 heavy (non-hydrogen) atoms. The molecule has 0 bridgehead atoms. The van der Waals surface area contributed by atoms with Crippen molar-refractivity contribution < 1.29 is 4.74 Å². The first-order valence-corrected chi connectivity index (χ1v) is 5.80. The Bertz CT molecular complexity index is 497.